The molecule has 1 aromatic heterocycles. The van der Waals surface area contributed by atoms with Gasteiger partial charge in [0, 0.05) is 7.05 Å². The van der Waals surface area contributed by atoms with Crippen LogP contribution in [0, 0.1) is 5.92 Å². The number of nitrogens with zero attached hydrogens (tertiary/aromatic N) is 4. The maximum Gasteiger partial charge on any atom is 0.319 e. The van der Waals surface area contributed by atoms with Gasteiger partial charge in [-0.05, 0) is 23.3 Å². The molecule has 0 radical (unpaired) electrons. The van der Waals surface area contributed by atoms with Gasteiger partial charge in [0.15, 0.2) is 0 Å². The molecular formula is C9H16N4O2S. The van der Waals surface area contributed by atoms with Crippen LogP contribution in [0.25, 0.3) is 0 Å². The monoisotopic (exact) mass is 244 g/mol. The average Bonchev–Trinajstić information content (AvgIpc) is 2.60. The molecule has 0 fully saturated rings. The summed E-state index contributed by atoms with van der Waals surface area (Å²) in [6.45, 7) is 6.13. The number of hydrogen-bond donors (Lipinski definition) is 0. The van der Waals surface area contributed by atoms with E-state index in [0.717, 1.165) is 0 Å². The minimum atomic E-state index is -0.273. The number of tetrazole rings is 1. The van der Waals surface area contributed by atoms with Crippen LogP contribution in [0.3, 0.4) is 0 Å². The summed E-state index contributed by atoms with van der Waals surface area (Å²) in [5, 5.41) is 11.4. The van der Waals surface area contributed by atoms with Crippen molar-refractivity contribution < 1.29 is 9.53 Å². The number of aryl methyl sites for hydroxylation is 1. The molecule has 0 aliphatic heterocycles. The zero-order valence-corrected chi connectivity index (χ0v) is 10.7. The number of esters is 1. The van der Waals surface area contributed by atoms with Crippen LogP contribution in [0.4, 0.5) is 0 Å². The molecule has 16 heavy (non-hydrogen) atoms. The predicted molar refractivity (Wildman–Crippen MR) is 59.9 cm³/mol. The molecule has 6 nitrogen and oxygen atoms in total. The van der Waals surface area contributed by atoms with Crippen LogP contribution in [-0.2, 0) is 16.6 Å². The fourth-order valence-electron chi connectivity index (χ4n) is 1.12. The van der Waals surface area contributed by atoms with Crippen molar-refractivity contribution in [1.82, 2.24) is 20.2 Å². The summed E-state index contributed by atoms with van der Waals surface area (Å²) in [5.41, 5.74) is 0. The third-order valence-electron chi connectivity index (χ3n) is 1.94. The molecule has 1 heterocycles. The van der Waals surface area contributed by atoms with E-state index in [9.17, 15) is 4.79 Å². The molecule has 1 aromatic rings. The van der Waals surface area contributed by atoms with Crippen molar-refractivity contribution in [2.75, 3.05) is 6.61 Å². The Kier molecular flexibility index (Phi) is 4.72. The normalized spacial score (nSPS) is 12.8. The summed E-state index contributed by atoms with van der Waals surface area (Å²) in [6, 6.07) is 0. The van der Waals surface area contributed by atoms with E-state index < -0.39 is 0 Å². The first kappa shape index (κ1) is 13.0. The Balaban J connectivity index is 2.72. The molecule has 0 amide bonds. The Bertz CT molecular complexity index is 353. The Morgan fingerprint density at radius 3 is 2.69 bits per heavy atom. The molecule has 0 unspecified atom stereocenters. The van der Waals surface area contributed by atoms with Gasteiger partial charge in [-0.15, -0.1) is 5.10 Å². The molecule has 0 spiro atoms. The zero-order chi connectivity index (χ0) is 12.1. The zero-order valence-electron chi connectivity index (χ0n) is 9.88. The van der Waals surface area contributed by atoms with E-state index in [2.05, 4.69) is 15.5 Å². The highest BCUT2D eigenvalue weighted by molar-refractivity contribution is 8.00. The Morgan fingerprint density at radius 1 is 1.56 bits per heavy atom. The Hall–Kier alpha value is -1.11. The van der Waals surface area contributed by atoms with Gasteiger partial charge in [-0.1, -0.05) is 25.6 Å². The Morgan fingerprint density at radius 2 is 2.25 bits per heavy atom. The van der Waals surface area contributed by atoms with E-state index in [-0.39, 0.29) is 17.1 Å². The highest BCUT2D eigenvalue weighted by Crippen LogP contribution is 2.26. The number of carbonyl (C=O) groups is 1. The topological polar surface area (TPSA) is 69.9 Å². The number of thioether (sulfide) groups is 1. The average molecular weight is 244 g/mol. The van der Waals surface area contributed by atoms with E-state index in [1.165, 1.54) is 11.8 Å². The lowest BCUT2D eigenvalue weighted by molar-refractivity contribution is -0.143. The SMILES string of the molecule is CCOC(=O)[C@@H](Sc1nnnn1C)C(C)C. The van der Waals surface area contributed by atoms with Gasteiger partial charge in [0.2, 0.25) is 5.16 Å². The van der Waals surface area contributed by atoms with Crippen molar-refractivity contribution in [1.29, 1.82) is 0 Å². The largest absolute Gasteiger partial charge is 0.465 e. The highest BCUT2D eigenvalue weighted by atomic mass is 32.2. The van der Waals surface area contributed by atoms with Crippen LogP contribution >= 0.6 is 11.8 Å². The molecular weight excluding hydrogens is 228 g/mol. The molecule has 0 saturated heterocycles. The first-order chi connectivity index (χ1) is 7.56. The van der Waals surface area contributed by atoms with E-state index in [4.69, 9.17) is 4.74 Å². The fraction of sp³-hybridized carbons (Fsp3) is 0.778. The second-order valence-corrected chi connectivity index (χ2v) is 4.73. The summed E-state index contributed by atoms with van der Waals surface area (Å²) >= 11 is 1.33. The van der Waals surface area contributed by atoms with Crippen LogP contribution in [0.5, 0.6) is 0 Å². The standard InChI is InChI=1S/C9H16N4O2S/c1-5-15-8(14)7(6(2)3)16-9-10-11-12-13(9)4/h6-7H,5H2,1-4H3/t7-/m0/s1. The van der Waals surface area contributed by atoms with Gasteiger partial charge < -0.3 is 4.74 Å². The van der Waals surface area contributed by atoms with Gasteiger partial charge in [0.25, 0.3) is 0 Å². The molecule has 0 aromatic carbocycles. The molecule has 90 valence electrons. The summed E-state index contributed by atoms with van der Waals surface area (Å²) in [5.74, 6) is -0.0498. The van der Waals surface area contributed by atoms with Crippen molar-refractivity contribution in [3.05, 3.63) is 0 Å². The van der Waals surface area contributed by atoms with Crippen LogP contribution in [0.2, 0.25) is 0 Å². The molecule has 1 rings (SSSR count). The molecule has 1 atom stereocenters. The van der Waals surface area contributed by atoms with Crippen LogP contribution in [-0.4, -0.2) is 38.0 Å². The second-order valence-electron chi connectivity index (χ2n) is 3.62. The maximum absolute atomic E-state index is 11.7. The number of hydrogen-bond acceptors (Lipinski definition) is 6. The molecule has 0 aliphatic carbocycles. The van der Waals surface area contributed by atoms with E-state index in [1.54, 1.807) is 18.7 Å². The van der Waals surface area contributed by atoms with Crippen molar-refractivity contribution in [2.45, 2.75) is 31.2 Å². The molecule has 0 N–H and O–H groups in total. The van der Waals surface area contributed by atoms with Crippen LogP contribution in [0.1, 0.15) is 20.8 Å². The lowest BCUT2D eigenvalue weighted by Gasteiger charge is -2.17. The Labute approximate surface area is 98.7 Å². The van der Waals surface area contributed by atoms with Crippen molar-refractivity contribution in [3.8, 4) is 0 Å². The van der Waals surface area contributed by atoms with Crippen LogP contribution < -0.4 is 0 Å². The number of ether oxygens (including phenoxy) is 1. The number of aromatic nitrogens is 4. The second kappa shape index (κ2) is 5.83. The first-order valence-corrected chi connectivity index (χ1v) is 5.99. The van der Waals surface area contributed by atoms with Gasteiger partial charge in [-0.25, -0.2) is 4.68 Å². The highest BCUT2D eigenvalue weighted by Gasteiger charge is 2.26. The summed E-state index contributed by atoms with van der Waals surface area (Å²) in [6.07, 6.45) is 0. The molecule has 7 heteroatoms. The summed E-state index contributed by atoms with van der Waals surface area (Å²) < 4.78 is 6.56. The number of rotatable bonds is 5. The van der Waals surface area contributed by atoms with Gasteiger partial charge in [0.05, 0.1) is 6.61 Å². The smallest absolute Gasteiger partial charge is 0.319 e. The fourth-order valence-corrected chi connectivity index (χ4v) is 2.05. The molecule has 0 bridgehead atoms. The third-order valence-corrected chi connectivity index (χ3v) is 3.49. The summed E-state index contributed by atoms with van der Waals surface area (Å²) in [4.78, 5) is 11.7. The van der Waals surface area contributed by atoms with Gasteiger partial charge in [0.1, 0.15) is 5.25 Å². The minimum absolute atomic E-state index is 0.167. The lowest BCUT2D eigenvalue weighted by atomic mass is 10.1. The summed E-state index contributed by atoms with van der Waals surface area (Å²) in [7, 11) is 1.74. The van der Waals surface area contributed by atoms with Crippen molar-refractivity contribution in [2.24, 2.45) is 13.0 Å². The van der Waals surface area contributed by atoms with E-state index >= 15 is 0 Å². The number of carbonyl (C=O) groups excluding carboxylic acids is 1. The van der Waals surface area contributed by atoms with Crippen LogP contribution in [0.15, 0.2) is 5.16 Å². The first-order valence-electron chi connectivity index (χ1n) is 5.11. The maximum atomic E-state index is 11.7. The predicted octanol–water partition coefficient (Wildman–Crippen LogP) is 0.890. The van der Waals surface area contributed by atoms with Crippen molar-refractivity contribution in [3.63, 3.8) is 0 Å². The van der Waals surface area contributed by atoms with E-state index in [1.807, 2.05) is 13.8 Å². The lowest BCUT2D eigenvalue weighted by Crippen LogP contribution is -2.26. The third kappa shape index (κ3) is 3.19. The van der Waals surface area contributed by atoms with Gasteiger partial charge in [-0.2, -0.15) is 0 Å². The van der Waals surface area contributed by atoms with Gasteiger partial charge in [-0.3, -0.25) is 4.79 Å². The molecule has 0 saturated carbocycles. The molecule has 0 aliphatic rings. The quantitative estimate of drug-likeness (QED) is 0.566. The van der Waals surface area contributed by atoms with Gasteiger partial charge >= 0.3 is 5.97 Å². The van der Waals surface area contributed by atoms with E-state index in [0.29, 0.717) is 11.8 Å². The minimum Gasteiger partial charge on any atom is -0.465 e. The van der Waals surface area contributed by atoms with Crippen molar-refractivity contribution >= 4 is 17.7 Å².